The molecule has 0 spiro atoms. The summed E-state index contributed by atoms with van der Waals surface area (Å²) in [5, 5.41) is 12.2. The van der Waals surface area contributed by atoms with Crippen molar-refractivity contribution in [3.63, 3.8) is 0 Å². The van der Waals surface area contributed by atoms with E-state index in [2.05, 4.69) is 21.1 Å². The maximum absolute atomic E-state index is 8.49. The molecular weight excluding hydrogens is 365 g/mol. The number of hydrogen-bond donors (Lipinski definition) is 1. The molecule has 2 aromatic rings. The summed E-state index contributed by atoms with van der Waals surface area (Å²) in [7, 11) is 0. The predicted molar refractivity (Wildman–Crippen MR) is 84.3 cm³/mol. The molecule has 0 saturated carbocycles. The Kier molecular flexibility index (Phi) is 5.29. The number of halogens is 3. The number of hydrogen-bond acceptors (Lipinski definition) is 3. The molecule has 0 amide bonds. The average Bonchev–Trinajstić information content (AvgIpc) is 2.40. The van der Waals surface area contributed by atoms with Gasteiger partial charge in [0.1, 0.15) is 6.61 Å². The van der Waals surface area contributed by atoms with Gasteiger partial charge in [0.2, 0.25) is 0 Å². The van der Waals surface area contributed by atoms with Gasteiger partial charge in [-0.25, -0.2) is 0 Å². The first-order valence-electron chi connectivity index (χ1n) is 5.64. The molecule has 0 atom stereocenters. The SMILES string of the molecule is O/N=C\c1cc(Cl)c(OCc2ccc(Br)cc2)c(Cl)c1. The van der Waals surface area contributed by atoms with Crippen molar-refractivity contribution in [2.45, 2.75) is 6.61 Å². The highest BCUT2D eigenvalue weighted by molar-refractivity contribution is 9.10. The Morgan fingerprint density at radius 2 is 1.75 bits per heavy atom. The maximum Gasteiger partial charge on any atom is 0.157 e. The zero-order valence-electron chi connectivity index (χ0n) is 10.2. The smallest absolute Gasteiger partial charge is 0.157 e. The molecule has 0 fully saturated rings. The van der Waals surface area contributed by atoms with Gasteiger partial charge in [0.15, 0.2) is 5.75 Å². The minimum atomic E-state index is 0.361. The molecule has 104 valence electrons. The Morgan fingerprint density at radius 1 is 1.15 bits per heavy atom. The summed E-state index contributed by atoms with van der Waals surface area (Å²) in [6, 6.07) is 11.0. The van der Waals surface area contributed by atoms with Gasteiger partial charge in [-0.05, 0) is 35.4 Å². The minimum absolute atomic E-state index is 0.361. The molecule has 0 bridgehead atoms. The third-order valence-electron chi connectivity index (χ3n) is 2.52. The van der Waals surface area contributed by atoms with Crippen LogP contribution in [0, 0.1) is 0 Å². The van der Waals surface area contributed by atoms with E-state index < -0.39 is 0 Å². The molecule has 0 aliphatic carbocycles. The van der Waals surface area contributed by atoms with Gasteiger partial charge in [-0.2, -0.15) is 0 Å². The van der Waals surface area contributed by atoms with Gasteiger partial charge in [-0.3, -0.25) is 0 Å². The van der Waals surface area contributed by atoms with Gasteiger partial charge >= 0.3 is 0 Å². The first-order chi connectivity index (χ1) is 9.60. The normalized spacial score (nSPS) is 10.9. The van der Waals surface area contributed by atoms with Gasteiger partial charge in [0, 0.05) is 4.47 Å². The second kappa shape index (κ2) is 6.97. The summed E-state index contributed by atoms with van der Waals surface area (Å²) < 4.78 is 6.65. The minimum Gasteiger partial charge on any atom is -0.486 e. The summed E-state index contributed by atoms with van der Waals surface area (Å²) in [6.45, 7) is 0.361. The van der Waals surface area contributed by atoms with Gasteiger partial charge < -0.3 is 9.94 Å². The fourth-order valence-electron chi connectivity index (χ4n) is 1.59. The molecule has 0 saturated heterocycles. The average molecular weight is 375 g/mol. The van der Waals surface area contributed by atoms with Gasteiger partial charge in [0.25, 0.3) is 0 Å². The van der Waals surface area contributed by atoms with E-state index in [9.17, 15) is 0 Å². The lowest BCUT2D eigenvalue weighted by Crippen LogP contribution is -1.97. The quantitative estimate of drug-likeness (QED) is 0.457. The molecule has 6 heteroatoms. The predicted octanol–water partition coefficient (Wildman–Crippen LogP) is 5.14. The molecule has 0 aromatic heterocycles. The van der Waals surface area contributed by atoms with Crippen LogP contribution < -0.4 is 4.74 Å². The summed E-state index contributed by atoms with van der Waals surface area (Å²) >= 11 is 15.6. The second-order valence-corrected chi connectivity index (χ2v) is 5.70. The first kappa shape index (κ1) is 15.2. The van der Waals surface area contributed by atoms with E-state index >= 15 is 0 Å². The molecular formula is C14H10BrCl2NO2. The highest BCUT2D eigenvalue weighted by Crippen LogP contribution is 2.34. The van der Waals surface area contributed by atoms with Crippen molar-refractivity contribution in [1.29, 1.82) is 0 Å². The molecule has 2 aromatic carbocycles. The lowest BCUT2D eigenvalue weighted by atomic mass is 10.2. The molecule has 0 aliphatic rings. The van der Waals surface area contributed by atoms with Crippen LogP contribution in [0.1, 0.15) is 11.1 Å². The van der Waals surface area contributed by atoms with Crippen LogP contribution in [0.2, 0.25) is 10.0 Å². The summed E-state index contributed by atoms with van der Waals surface area (Å²) in [4.78, 5) is 0. The topological polar surface area (TPSA) is 41.8 Å². The number of benzene rings is 2. The first-order valence-corrected chi connectivity index (χ1v) is 7.19. The zero-order valence-corrected chi connectivity index (χ0v) is 13.3. The standard InChI is InChI=1S/C14H10BrCl2NO2/c15-11-3-1-9(2-4-11)8-20-14-12(16)5-10(7-18-19)6-13(14)17/h1-7,19H,8H2/b18-7-. The van der Waals surface area contributed by atoms with E-state index in [1.165, 1.54) is 6.21 Å². The Labute approximate surface area is 134 Å². The third-order valence-corrected chi connectivity index (χ3v) is 3.61. The second-order valence-electron chi connectivity index (χ2n) is 3.97. The molecule has 1 N–H and O–H groups in total. The van der Waals surface area contributed by atoms with Crippen molar-refractivity contribution in [1.82, 2.24) is 0 Å². The fraction of sp³-hybridized carbons (Fsp3) is 0.0714. The van der Waals surface area contributed by atoms with Crippen molar-refractivity contribution in [3.8, 4) is 5.75 Å². The Balaban J connectivity index is 2.15. The zero-order chi connectivity index (χ0) is 14.5. The molecule has 3 nitrogen and oxygen atoms in total. The van der Waals surface area contributed by atoms with Gasteiger partial charge in [0.05, 0.1) is 16.3 Å². The van der Waals surface area contributed by atoms with Crippen LogP contribution >= 0.6 is 39.1 Å². The van der Waals surface area contributed by atoms with Crippen molar-refractivity contribution >= 4 is 45.3 Å². The molecule has 20 heavy (non-hydrogen) atoms. The van der Waals surface area contributed by atoms with Crippen molar-refractivity contribution in [3.05, 3.63) is 62.0 Å². The fourth-order valence-corrected chi connectivity index (χ4v) is 2.47. The van der Waals surface area contributed by atoms with Gasteiger partial charge in [-0.15, -0.1) is 0 Å². The molecule has 0 aliphatic heterocycles. The van der Waals surface area contributed by atoms with E-state index in [0.29, 0.717) is 28.0 Å². The summed E-state index contributed by atoms with van der Waals surface area (Å²) in [6.07, 6.45) is 1.25. The Morgan fingerprint density at radius 3 is 2.30 bits per heavy atom. The van der Waals surface area contributed by atoms with E-state index in [4.69, 9.17) is 33.1 Å². The largest absolute Gasteiger partial charge is 0.486 e. The van der Waals surface area contributed by atoms with E-state index in [0.717, 1.165) is 10.0 Å². The summed E-state index contributed by atoms with van der Waals surface area (Å²) in [5.41, 5.74) is 1.60. The highest BCUT2D eigenvalue weighted by Gasteiger charge is 2.09. The maximum atomic E-state index is 8.49. The van der Waals surface area contributed by atoms with E-state index in [1.807, 2.05) is 24.3 Å². The van der Waals surface area contributed by atoms with Crippen LogP contribution in [-0.2, 0) is 6.61 Å². The van der Waals surface area contributed by atoms with E-state index in [-0.39, 0.29) is 0 Å². The van der Waals surface area contributed by atoms with Crippen LogP contribution in [0.25, 0.3) is 0 Å². The lowest BCUT2D eigenvalue weighted by molar-refractivity contribution is 0.306. The van der Waals surface area contributed by atoms with Crippen molar-refractivity contribution in [2.24, 2.45) is 5.16 Å². The third kappa shape index (κ3) is 3.88. The van der Waals surface area contributed by atoms with Crippen LogP contribution in [0.3, 0.4) is 0 Å². The number of rotatable bonds is 4. The van der Waals surface area contributed by atoms with Crippen molar-refractivity contribution < 1.29 is 9.94 Å². The molecule has 2 rings (SSSR count). The summed E-state index contributed by atoms with van der Waals surface area (Å²) in [5.74, 6) is 0.409. The van der Waals surface area contributed by atoms with Crippen LogP contribution in [0.4, 0.5) is 0 Å². The van der Waals surface area contributed by atoms with Crippen LogP contribution in [0.15, 0.2) is 46.0 Å². The molecule has 0 unspecified atom stereocenters. The van der Waals surface area contributed by atoms with Crippen molar-refractivity contribution in [2.75, 3.05) is 0 Å². The van der Waals surface area contributed by atoms with Crippen LogP contribution in [-0.4, -0.2) is 11.4 Å². The monoisotopic (exact) mass is 373 g/mol. The number of ether oxygens (including phenoxy) is 1. The number of oxime groups is 1. The Bertz CT molecular complexity index is 607. The molecule has 0 radical (unpaired) electrons. The lowest BCUT2D eigenvalue weighted by Gasteiger charge is -2.11. The highest BCUT2D eigenvalue weighted by atomic mass is 79.9. The Hall–Kier alpha value is -1.23. The molecule has 0 heterocycles. The van der Waals surface area contributed by atoms with Crippen LogP contribution in [0.5, 0.6) is 5.75 Å². The number of nitrogens with zero attached hydrogens (tertiary/aromatic N) is 1. The van der Waals surface area contributed by atoms with Gasteiger partial charge in [-0.1, -0.05) is 56.4 Å². The van der Waals surface area contributed by atoms with E-state index in [1.54, 1.807) is 12.1 Å².